The Bertz CT molecular complexity index is 654. The van der Waals surface area contributed by atoms with Crippen molar-refractivity contribution in [1.29, 1.82) is 0 Å². The minimum atomic E-state index is -0.271. The van der Waals surface area contributed by atoms with Gasteiger partial charge in [-0.25, -0.2) is 0 Å². The second-order valence-corrected chi connectivity index (χ2v) is 5.01. The van der Waals surface area contributed by atoms with E-state index in [0.29, 0.717) is 11.3 Å². The second kappa shape index (κ2) is 7.26. The minimum absolute atomic E-state index is 0.0739. The fraction of sp³-hybridized carbons (Fsp3) is 0.176. The summed E-state index contributed by atoms with van der Waals surface area (Å²) in [7, 11) is 3.74. The molecule has 22 heavy (non-hydrogen) atoms. The van der Waals surface area contributed by atoms with Gasteiger partial charge in [0.05, 0.1) is 12.1 Å². The van der Waals surface area contributed by atoms with Crippen molar-refractivity contribution in [1.82, 2.24) is 5.32 Å². The highest BCUT2D eigenvalue weighted by atomic mass is 16.2. The summed E-state index contributed by atoms with van der Waals surface area (Å²) >= 11 is 0. The number of benzene rings is 2. The van der Waals surface area contributed by atoms with Crippen LogP contribution in [0.1, 0.15) is 10.4 Å². The molecule has 5 nitrogen and oxygen atoms in total. The third kappa shape index (κ3) is 4.09. The third-order valence-electron chi connectivity index (χ3n) is 3.10. The number of rotatable bonds is 5. The Hall–Kier alpha value is -2.82. The predicted molar refractivity (Wildman–Crippen MR) is 88.2 cm³/mol. The lowest BCUT2D eigenvalue weighted by atomic mass is 10.1. The molecule has 0 spiro atoms. The average molecular weight is 297 g/mol. The van der Waals surface area contributed by atoms with Gasteiger partial charge in [-0.1, -0.05) is 30.3 Å². The Morgan fingerprint density at radius 1 is 0.955 bits per heavy atom. The van der Waals surface area contributed by atoms with Crippen LogP contribution in [-0.4, -0.2) is 32.5 Å². The van der Waals surface area contributed by atoms with E-state index in [9.17, 15) is 9.59 Å². The van der Waals surface area contributed by atoms with E-state index in [-0.39, 0.29) is 18.4 Å². The van der Waals surface area contributed by atoms with Crippen LogP contribution in [0.15, 0.2) is 54.6 Å². The van der Waals surface area contributed by atoms with Crippen LogP contribution in [0.2, 0.25) is 0 Å². The van der Waals surface area contributed by atoms with Crippen molar-refractivity contribution in [2.45, 2.75) is 0 Å². The number of anilines is 2. The summed E-state index contributed by atoms with van der Waals surface area (Å²) in [6.45, 7) is -0.0739. The van der Waals surface area contributed by atoms with Gasteiger partial charge in [0.1, 0.15) is 0 Å². The van der Waals surface area contributed by atoms with E-state index < -0.39 is 0 Å². The van der Waals surface area contributed by atoms with E-state index in [4.69, 9.17) is 0 Å². The second-order valence-electron chi connectivity index (χ2n) is 5.01. The summed E-state index contributed by atoms with van der Waals surface area (Å²) in [6.07, 6.45) is 0. The van der Waals surface area contributed by atoms with Gasteiger partial charge in [-0.3, -0.25) is 9.59 Å². The van der Waals surface area contributed by atoms with Crippen LogP contribution in [-0.2, 0) is 4.79 Å². The lowest BCUT2D eigenvalue weighted by Crippen LogP contribution is -2.33. The Kier molecular flexibility index (Phi) is 5.14. The molecule has 0 saturated carbocycles. The standard InChI is InChI=1S/C17H19N3O2/c1-20(2)15-11-7-6-10-14(15)17(22)18-12-16(21)19-13-8-4-3-5-9-13/h3-11H,12H2,1-2H3,(H,18,22)(H,19,21). The zero-order valence-electron chi connectivity index (χ0n) is 12.7. The number of nitrogens with zero attached hydrogens (tertiary/aromatic N) is 1. The molecule has 0 unspecified atom stereocenters. The zero-order valence-corrected chi connectivity index (χ0v) is 12.7. The number of carbonyl (C=O) groups excluding carboxylic acids is 2. The quantitative estimate of drug-likeness (QED) is 0.888. The van der Waals surface area contributed by atoms with Gasteiger partial charge in [0.2, 0.25) is 5.91 Å². The molecule has 0 aromatic heterocycles. The third-order valence-corrected chi connectivity index (χ3v) is 3.10. The molecule has 5 heteroatoms. The summed E-state index contributed by atoms with van der Waals surface area (Å²) in [5.41, 5.74) is 2.05. The molecule has 0 aliphatic heterocycles. The number of nitrogens with one attached hydrogen (secondary N) is 2. The van der Waals surface area contributed by atoms with Gasteiger partial charge < -0.3 is 15.5 Å². The fourth-order valence-corrected chi connectivity index (χ4v) is 2.04. The predicted octanol–water partition coefficient (Wildman–Crippen LogP) is 2.12. The van der Waals surface area contributed by atoms with Crippen molar-refractivity contribution in [3.63, 3.8) is 0 Å². The molecule has 0 fully saturated rings. The molecule has 2 aromatic rings. The summed E-state index contributed by atoms with van der Waals surface area (Å²) in [6, 6.07) is 16.4. The molecule has 2 aromatic carbocycles. The van der Waals surface area contributed by atoms with Crippen LogP contribution in [0.3, 0.4) is 0 Å². The highest BCUT2D eigenvalue weighted by Gasteiger charge is 2.13. The lowest BCUT2D eigenvalue weighted by Gasteiger charge is -2.16. The van der Waals surface area contributed by atoms with Gasteiger partial charge in [0.15, 0.2) is 0 Å². The van der Waals surface area contributed by atoms with Gasteiger partial charge in [-0.05, 0) is 24.3 Å². The molecule has 0 saturated heterocycles. The minimum Gasteiger partial charge on any atom is -0.377 e. The summed E-state index contributed by atoms with van der Waals surface area (Å²) in [5, 5.41) is 5.36. The van der Waals surface area contributed by atoms with Gasteiger partial charge in [-0.2, -0.15) is 0 Å². The Morgan fingerprint density at radius 3 is 2.27 bits per heavy atom. The molecule has 0 aliphatic rings. The number of carbonyl (C=O) groups is 2. The van der Waals surface area contributed by atoms with E-state index in [1.165, 1.54) is 0 Å². The molecule has 2 amide bonds. The van der Waals surface area contributed by atoms with Crippen LogP contribution in [0.5, 0.6) is 0 Å². The van der Waals surface area contributed by atoms with Crippen LogP contribution < -0.4 is 15.5 Å². The maximum absolute atomic E-state index is 12.2. The van der Waals surface area contributed by atoms with Crippen molar-refractivity contribution < 1.29 is 9.59 Å². The summed E-state index contributed by atoms with van der Waals surface area (Å²) < 4.78 is 0. The molecule has 0 atom stereocenters. The Labute approximate surface area is 129 Å². The zero-order chi connectivity index (χ0) is 15.9. The van der Waals surface area contributed by atoms with Crippen molar-refractivity contribution in [3.8, 4) is 0 Å². The molecule has 2 rings (SSSR count). The molecule has 0 aliphatic carbocycles. The maximum atomic E-state index is 12.2. The van der Waals surface area contributed by atoms with Crippen molar-refractivity contribution in [2.24, 2.45) is 0 Å². The molecular weight excluding hydrogens is 278 g/mol. The molecule has 0 heterocycles. The molecule has 2 N–H and O–H groups in total. The first-order chi connectivity index (χ1) is 10.6. The van der Waals surface area contributed by atoms with Crippen LogP contribution in [0.25, 0.3) is 0 Å². The first-order valence-electron chi connectivity index (χ1n) is 6.97. The van der Waals surface area contributed by atoms with Crippen LogP contribution in [0, 0.1) is 0 Å². The highest BCUT2D eigenvalue weighted by Crippen LogP contribution is 2.17. The lowest BCUT2D eigenvalue weighted by molar-refractivity contribution is -0.115. The van der Waals surface area contributed by atoms with Gasteiger partial charge in [-0.15, -0.1) is 0 Å². The Balaban J connectivity index is 1.94. The number of hydrogen-bond donors (Lipinski definition) is 2. The normalized spacial score (nSPS) is 9.91. The number of para-hydroxylation sites is 2. The average Bonchev–Trinajstić information content (AvgIpc) is 2.53. The highest BCUT2D eigenvalue weighted by molar-refractivity contribution is 6.02. The van der Waals surface area contributed by atoms with Gasteiger partial charge in [0, 0.05) is 25.5 Å². The number of amides is 2. The fourth-order valence-electron chi connectivity index (χ4n) is 2.04. The largest absolute Gasteiger partial charge is 0.377 e. The first-order valence-corrected chi connectivity index (χ1v) is 6.97. The summed E-state index contributed by atoms with van der Waals surface area (Å²) in [4.78, 5) is 25.9. The van der Waals surface area contributed by atoms with Crippen molar-refractivity contribution >= 4 is 23.2 Å². The molecule has 114 valence electrons. The van der Waals surface area contributed by atoms with E-state index >= 15 is 0 Å². The SMILES string of the molecule is CN(C)c1ccccc1C(=O)NCC(=O)Nc1ccccc1. The topological polar surface area (TPSA) is 61.4 Å². The van der Waals surface area contributed by atoms with Crippen LogP contribution >= 0.6 is 0 Å². The molecule has 0 radical (unpaired) electrons. The monoisotopic (exact) mass is 297 g/mol. The van der Waals surface area contributed by atoms with Crippen molar-refractivity contribution in [2.75, 3.05) is 30.9 Å². The molecular formula is C17H19N3O2. The first kappa shape index (κ1) is 15.6. The van der Waals surface area contributed by atoms with Crippen LogP contribution in [0.4, 0.5) is 11.4 Å². The maximum Gasteiger partial charge on any atom is 0.253 e. The smallest absolute Gasteiger partial charge is 0.253 e. The van der Waals surface area contributed by atoms with Crippen molar-refractivity contribution in [3.05, 3.63) is 60.2 Å². The van der Waals surface area contributed by atoms with E-state index in [2.05, 4.69) is 10.6 Å². The van der Waals surface area contributed by atoms with E-state index in [1.807, 2.05) is 49.3 Å². The van der Waals surface area contributed by atoms with Gasteiger partial charge in [0.25, 0.3) is 5.91 Å². The Morgan fingerprint density at radius 2 is 1.59 bits per heavy atom. The summed E-state index contributed by atoms with van der Waals surface area (Å²) in [5.74, 6) is -0.533. The number of hydrogen-bond acceptors (Lipinski definition) is 3. The van der Waals surface area contributed by atoms with E-state index in [1.54, 1.807) is 24.3 Å². The van der Waals surface area contributed by atoms with Gasteiger partial charge >= 0.3 is 0 Å². The van der Waals surface area contributed by atoms with E-state index in [0.717, 1.165) is 5.69 Å². The molecule has 0 bridgehead atoms.